The topological polar surface area (TPSA) is 79.9 Å². The number of azo groups is 1. The van der Waals surface area contributed by atoms with Crippen LogP contribution >= 0.6 is 0 Å². The first kappa shape index (κ1) is 17.4. The summed E-state index contributed by atoms with van der Waals surface area (Å²) in [6.07, 6.45) is 0. The lowest BCUT2D eigenvalue weighted by atomic mass is 10.1. The first-order chi connectivity index (χ1) is 13.8. The fourth-order valence-electron chi connectivity index (χ4n) is 2.54. The normalized spacial score (nSPS) is 10.9. The van der Waals surface area contributed by atoms with Crippen LogP contribution in [-0.2, 0) is 0 Å². The number of carbonyl (C=O) groups excluding carboxylic acids is 1. The van der Waals surface area contributed by atoms with Crippen LogP contribution < -0.4 is 5.32 Å². The van der Waals surface area contributed by atoms with Crippen molar-refractivity contribution in [1.29, 1.82) is 0 Å². The standard InChI is InChI=1S/C22H16N4O2/c27-22(20-15-21(28-26-20)16-7-3-1-4-8-16)23-17-11-13-19(14-12-17)25-24-18-9-5-2-6-10-18/h1-15H,(H,23,27). The average molecular weight is 368 g/mol. The molecule has 6 nitrogen and oxygen atoms in total. The van der Waals surface area contributed by atoms with Gasteiger partial charge in [0.15, 0.2) is 11.5 Å². The Bertz CT molecular complexity index is 1090. The van der Waals surface area contributed by atoms with E-state index < -0.39 is 0 Å². The highest BCUT2D eigenvalue weighted by molar-refractivity contribution is 6.03. The van der Waals surface area contributed by atoms with E-state index in [0.29, 0.717) is 17.1 Å². The van der Waals surface area contributed by atoms with Gasteiger partial charge < -0.3 is 9.84 Å². The Labute approximate surface area is 161 Å². The number of anilines is 1. The number of rotatable bonds is 5. The summed E-state index contributed by atoms with van der Waals surface area (Å²) in [5.41, 5.74) is 3.18. The molecule has 0 aliphatic heterocycles. The van der Waals surface area contributed by atoms with E-state index >= 15 is 0 Å². The van der Waals surface area contributed by atoms with Crippen LogP contribution in [0.5, 0.6) is 0 Å². The van der Waals surface area contributed by atoms with Gasteiger partial charge in [-0.2, -0.15) is 10.2 Å². The summed E-state index contributed by atoms with van der Waals surface area (Å²) in [6, 6.07) is 27.7. The van der Waals surface area contributed by atoms with E-state index in [9.17, 15) is 4.79 Å². The number of nitrogens with zero attached hydrogens (tertiary/aromatic N) is 3. The zero-order chi connectivity index (χ0) is 19.2. The second-order valence-electron chi connectivity index (χ2n) is 5.98. The molecule has 0 aliphatic carbocycles. The van der Waals surface area contributed by atoms with Crippen molar-refractivity contribution < 1.29 is 9.32 Å². The quantitative estimate of drug-likeness (QED) is 0.438. The highest BCUT2D eigenvalue weighted by atomic mass is 16.5. The molecule has 0 fully saturated rings. The molecule has 0 unspecified atom stereocenters. The van der Waals surface area contributed by atoms with E-state index in [1.54, 1.807) is 30.3 Å². The van der Waals surface area contributed by atoms with Crippen LogP contribution in [0.1, 0.15) is 10.5 Å². The number of nitrogens with one attached hydrogen (secondary N) is 1. The summed E-state index contributed by atoms with van der Waals surface area (Å²) < 4.78 is 5.26. The zero-order valence-electron chi connectivity index (χ0n) is 14.8. The summed E-state index contributed by atoms with van der Waals surface area (Å²) in [7, 11) is 0. The Morgan fingerprint density at radius 1 is 0.786 bits per heavy atom. The largest absolute Gasteiger partial charge is 0.355 e. The van der Waals surface area contributed by atoms with Crippen molar-refractivity contribution in [2.24, 2.45) is 10.2 Å². The van der Waals surface area contributed by atoms with Crippen molar-refractivity contribution in [3.8, 4) is 11.3 Å². The third kappa shape index (κ3) is 4.19. The molecule has 0 saturated heterocycles. The number of hydrogen-bond donors (Lipinski definition) is 1. The molecular weight excluding hydrogens is 352 g/mol. The fraction of sp³-hybridized carbons (Fsp3) is 0. The van der Waals surface area contributed by atoms with Crippen LogP contribution in [0.25, 0.3) is 11.3 Å². The molecule has 3 aromatic carbocycles. The molecule has 0 aliphatic rings. The Balaban J connectivity index is 1.41. The number of benzene rings is 3. The summed E-state index contributed by atoms with van der Waals surface area (Å²) in [4.78, 5) is 12.4. The van der Waals surface area contributed by atoms with Crippen LogP contribution in [0.4, 0.5) is 17.1 Å². The minimum atomic E-state index is -0.343. The van der Waals surface area contributed by atoms with Gasteiger partial charge in [0, 0.05) is 17.3 Å². The molecule has 4 aromatic rings. The van der Waals surface area contributed by atoms with Crippen molar-refractivity contribution in [2.45, 2.75) is 0 Å². The third-order valence-corrected chi connectivity index (χ3v) is 3.96. The minimum absolute atomic E-state index is 0.215. The van der Waals surface area contributed by atoms with Gasteiger partial charge in [-0.1, -0.05) is 53.7 Å². The minimum Gasteiger partial charge on any atom is -0.355 e. The van der Waals surface area contributed by atoms with Crippen LogP contribution in [-0.4, -0.2) is 11.1 Å². The van der Waals surface area contributed by atoms with Crippen LogP contribution in [0.2, 0.25) is 0 Å². The smallest absolute Gasteiger partial charge is 0.277 e. The summed E-state index contributed by atoms with van der Waals surface area (Å²) in [5.74, 6) is 0.201. The van der Waals surface area contributed by atoms with E-state index in [-0.39, 0.29) is 11.6 Å². The monoisotopic (exact) mass is 368 g/mol. The molecule has 6 heteroatoms. The van der Waals surface area contributed by atoms with E-state index in [4.69, 9.17) is 4.52 Å². The van der Waals surface area contributed by atoms with Crippen molar-refractivity contribution in [1.82, 2.24) is 5.16 Å². The Kier molecular flexibility index (Phi) is 5.02. The number of amides is 1. The van der Waals surface area contributed by atoms with E-state index in [1.807, 2.05) is 60.7 Å². The second-order valence-corrected chi connectivity index (χ2v) is 5.98. The zero-order valence-corrected chi connectivity index (χ0v) is 14.8. The van der Waals surface area contributed by atoms with Gasteiger partial charge in [-0.3, -0.25) is 4.79 Å². The van der Waals surface area contributed by atoms with E-state index in [0.717, 1.165) is 11.3 Å². The summed E-state index contributed by atoms with van der Waals surface area (Å²) in [5, 5.41) is 15.0. The first-order valence-electron chi connectivity index (χ1n) is 8.68. The molecule has 0 spiro atoms. The van der Waals surface area contributed by atoms with Gasteiger partial charge in [0.05, 0.1) is 11.4 Å². The van der Waals surface area contributed by atoms with Crippen LogP contribution in [0.3, 0.4) is 0 Å². The van der Waals surface area contributed by atoms with Crippen LogP contribution in [0.15, 0.2) is 106 Å². The third-order valence-electron chi connectivity index (χ3n) is 3.96. The fourth-order valence-corrected chi connectivity index (χ4v) is 2.54. The van der Waals surface area contributed by atoms with Gasteiger partial charge in [-0.25, -0.2) is 0 Å². The van der Waals surface area contributed by atoms with E-state index in [2.05, 4.69) is 20.7 Å². The molecule has 0 saturated carbocycles. The molecule has 0 radical (unpaired) electrons. The molecule has 0 bridgehead atoms. The molecule has 136 valence electrons. The molecular formula is C22H16N4O2. The maximum absolute atomic E-state index is 12.4. The lowest BCUT2D eigenvalue weighted by Crippen LogP contribution is -2.11. The maximum Gasteiger partial charge on any atom is 0.277 e. The van der Waals surface area contributed by atoms with Crippen LogP contribution in [0, 0.1) is 0 Å². The maximum atomic E-state index is 12.4. The molecule has 28 heavy (non-hydrogen) atoms. The second kappa shape index (κ2) is 8.09. The predicted molar refractivity (Wildman–Crippen MR) is 107 cm³/mol. The SMILES string of the molecule is O=C(Nc1ccc(N=Nc2ccccc2)cc1)c1cc(-c2ccccc2)on1. The Morgan fingerprint density at radius 3 is 2.07 bits per heavy atom. The molecule has 1 N–H and O–H groups in total. The lowest BCUT2D eigenvalue weighted by Gasteiger charge is -2.02. The number of carbonyl (C=O) groups is 1. The van der Waals surface area contributed by atoms with Crippen molar-refractivity contribution in [3.63, 3.8) is 0 Å². The van der Waals surface area contributed by atoms with Gasteiger partial charge in [0.2, 0.25) is 0 Å². The highest BCUT2D eigenvalue weighted by Crippen LogP contribution is 2.22. The molecule has 0 atom stereocenters. The lowest BCUT2D eigenvalue weighted by molar-refractivity contribution is 0.101. The average Bonchev–Trinajstić information content (AvgIpc) is 3.25. The van der Waals surface area contributed by atoms with Gasteiger partial charge >= 0.3 is 0 Å². The summed E-state index contributed by atoms with van der Waals surface area (Å²) in [6.45, 7) is 0. The van der Waals surface area contributed by atoms with Crippen molar-refractivity contribution >= 4 is 23.0 Å². The molecule has 1 heterocycles. The van der Waals surface area contributed by atoms with Gasteiger partial charge in [-0.15, -0.1) is 0 Å². The Hall–Kier alpha value is -4.06. The van der Waals surface area contributed by atoms with Gasteiger partial charge in [0.1, 0.15) is 0 Å². The molecule has 1 amide bonds. The first-order valence-corrected chi connectivity index (χ1v) is 8.68. The summed E-state index contributed by atoms with van der Waals surface area (Å²) >= 11 is 0. The molecule has 4 rings (SSSR count). The van der Waals surface area contributed by atoms with Crippen molar-refractivity contribution in [2.75, 3.05) is 5.32 Å². The number of aromatic nitrogens is 1. The van der Waals surface area contributed by atoms with E-state index in [1.165, 1.54) is 0 Å². The van der Waals surface area contributed by atoms with Gasteiger partial charge in [0.25, 0.3) is 5.91 Å². The Morgan fingerprint density at radius 2 is 1.39 bits per heavy atom. The highest BCUT2D eigenvalue weighted by Gasteiger charge is 2.13. The predicted octanol–water partition coefficient (Wildman–Crippen LogP) is 6.01. The van der Waals surface area contributed by atoms with Crippen molar-refractivity contribution in [3.05, 3.63) is 96.7 Å². The van der Waals surface area contributed by atoms with Gasteiger partial charge in [-0.05, 0) is 36.4 Å². The number of hydrogen-bond acceptors (Lipinski definition) is 5. The molecule has 1 aromatic heterocycles.